The third-order valence-corrected chi connectivity index (χ3v) is 3.06. The molecule has 1 aromatic carbocycles. The zero-order chi connectivity index (χ0) is 12.5. The van der Waals surface area contributed by atoms with Crippen LogP contribution in [0.15, 0.2) is 24.3 Å². The van der Waals surface area contributed by atoms with Crippen molar-refractivity contribution in [3.63, 3.8) is 0 Å². The van der Waals surface area contributed by atoms with Gasteiger partial charge in [0.25, 0.3) is 0 Å². The van der Waals surface area contributed by atoms with Crippen molar-refractivity contribution < 1.29 is 0 Å². The van der Waals surface area contributed by atoms with Crippen LogP contribution in [0.5, 0.6) is 0 Å². The molecule has 18 heavy (non-hydrogen) atoms. The second-order valence-corrected chi connectivity index (χ2v) is 4.18. The van der Waals surface area contributed by atoms with Gasteiger partial charge in [0.1, 0.15) is 0 Å². The van der Waals surface area contributed by atoms with Gasteiger partial charge in [-0.2, -0.15) is 15.6 Å². The lowest BCUT2D eigenvalue weighted by Crippen LogP contribution is -2.08. The van der Waals surface area contributed by atoms with Crippen LogP contribution in [0, 0.1) is 22.8 Å². The van der Waals surface area contributed by atoms with Gasteiger partial charge in [0.15, 0.2) is 6.19 Å². The largest absolute Gasteiger partial charge is 0.300 e. The van der Waals surface area contributed by atoms with Gasteiger partial charge in [0.2, 0.25) is 0 Å². The average molecular weight is 235 g/mol. The van der Waals surface area contributed by atoms with Gasteiger partial charge in [-0.3, -0.25) is 5.10 Å². The lowest BCUT2D eigenvalue weighted by Gasteiger charge is -2.05. The van der Waals surface area contributed by atoms with Gasteiger partial charge in [-0.25, -0.2) is 0 Å². The maximum Gasteiger partial charge on any atom is 0.180 e. The number of nitriles is 2. The molecule has 1 aromatic heterocycles. The number of hydrogen-bond acceptors (Lipinski definition) is 4. The summed E-state index contributed by atoms with van der Waals surface area (Å²) in [6.07, 6.45) is 2.13. The molecule has 2 aromatic rings. The van der Waals surface area contributed by atoms with Crippen molar-refractivity contribution in [2.75, 3.05) is 0 Å². The Morgan fingerprint density at radius 2 is 2.17 bits per heavy atom. The van der Waals surface area contributed by atoms with Crippen LogP contribution in [0.3, 0.4) is 0 Å². The van der Waals surface area contributed by atoms with Crippen molar-refractivity contribution in [1.29, 1.82) is 10.5 Å². The molecular formula is C13H9N5. The fourth-order valence-electron chi connectivity index (χ4n) is 2.19. The highest BCUT2D eigenvalue weighted by molar-refractivity contribution is 5.66. The van der Waals surface area contributed by atoms with E-state index in [0.717, 1.165) is 22.5 Å². The number of H-pyrrole nitrogens is 1. The number of benzene rings is 1. The summed E-state index contributed by atoms with van der Waals surface area (Å²) in [5, 5.41) is 25.0. The molecule has 0 fully saturated rings. The standard InChI is InChI=1S/C13H9N5/c14-5-9-2-1-3-10(4-9)13-11-6-18(8-15)7-12(11)16-17-13/h1-4H,6-7H2,(H,16,17). The molecule has 2 heterocycles. The fourth-order valence-corrected chi connectivity index (χ4v) is 2.19. The first kappa shape index (κ1) is 10.4. The zero-order valence-electron chi connectivity index (χ0n) is 9.51. The van der Waals surface area contributed by atoms with Crippen LogP contribution in [0.1, 0.15) is 16.8 Å². The smallest absolute Gasteiger partial charge is 0.180 e. The Morgan fingerprint density at radius 1 is 1.28 bits per heavy atom. The van der Waals surface area contributed by atoms with E-state index < -0.39 is 0 Å². The molecule has 5 heteroatoms. The molecule has 0 spiro atoms. The zero-order valence-corrected chi connectivity index (χ0v) is 9.51. The number of aromatic amines is 1. The summed E-state index contributed by atoms with van der Waals surface area (Å²) in [6, 6.07) is 9.45. The number of fused-ring (bicyclic) bond motifs is 1. The number of hydrogen-bond donors (Lipinski definition) is 1. The summed E-state index contributed by atoms with van der Waals surface area (Å²) in [5.74, 6) is 0. The summed E-state index contributed by atoms with van der Waals surface area (Å²) in [4.78, 5) is 1.67. The van der Waals surface area contributed by atoms with Gasteiger partial charge < -0.3 is 4.90 Å². The predicted octanol–water partition coefficient (Wildman–Crippen LogP) is 1.75. The summed E-state index contributed by atoms with van der Waals surface area (Å²) in [5.41, 5.74) is 4.38. The van der Waals surface area contributed by atoms with Crippen LogP contribution in [0.25, 0.3) is 11.3 Å². The van der Waals surface area contributed by atoms with Gasteiger partial charge in [-0.1, -0.05) is 12.1 Å². The minimum atomic E-state index is 0.578. The van der Waals surface area contributed by atoms with Crippen molar-refractivity contribution in [2.45, 2.75) is 13.1 Å². The van der Waals surface area contributed by atoms with E-state index in [9.17, 15) is 0 Å². The molecule has 0 unspecified atom stereocenters. The predicted molar refractivity (Wildman–Crippen MR) is 63.6 cm³/mol. The molecule has 86 valence electrons. The van der Waals surface area contributed by atoms with E-state index in [1.165, 1.54) is 0 Å². The van der Waals surface area contributed by atoms with Crippen molar-refractivity contribution in [3.05, 3.63) is 41.1 Å². The van der Waals surface area contributed by atoms with Gasteiger partial charge in [-0.15, -0.1) is 0 Å². The van der Waals surface area contributed by atoms with E-state index in [2.05, 4.69) is 22.5 Å². The molecule has 0 bridgehead atoms. The van der Waals surface area contributed by atoms with Crippen LogP contribution >= 0.6 is 0 Å². The minimum absolute atomic E-state index is 0.578. The van der Waals surface area contributed by atoms with Gasteiger partial charge in [0.05, 0.1) is 36.1 Å². The molecule has 3 rings (SSSR count). The van der Waals surface area contributed by atoms with E-state index in [1.807, 2.05) is 18.2 Å². The molecule has 0 atom stereocenters. The number of nitrogens with zero attached hydrogens (tertiary/aromatic N) is 4. The highest BCUT2D eigenvalue weighted by atomic mass is 15.2. The normalized spacial score (nSPS) is 12.9. The van der Waals surface area contributed by atoms with Crippen molar-refractivity contribution in [3.8, 4) is 23.5 Å². The molecule has 1 N–H and O–H groups in total. The van der Waals surface area contributed by atoms with E-state index in [4.69, 9.17) is 10.5 Å². The summed E-state index contributed by atoms with van der Waals surface area (Å²) in [7, 11) is 0. The molecule has 0 amide bonds. The maximum absolute atomic E-state index is 8.90. The molecule has 0 aliphatic carbocycles. The summed E-state index contributed by atoms with van der Waals surface area (Å²) >= 11 is 0. The van der Waals surface area contributed by atoms with Gasteiger partial charge >= 0.3 is 0 Å². The van der Waals surface area contributed by atoms with E-state index in [-0.39, 0.29) is 0 Å². The molecule has 0 radical (unpaired) electrons. The Hall–Kier alpha value is -2.79. The van der Waals surface area contributed by atoms with E-state index >= 15 is 0 Å². The fraction of sp³-hybridized carbons (Fsp3) is 0.154. The van der Waals surface area contributed by atoms with Crippen LogP contribution in [0.2, 0.25) is 0 Å². The first-order valence-corrected chi connectivity index (χ1v) is 5.53. The summed E-state index contributed by atoms with van der Waals surface area (Å²) < 4.78 is 0. The highest BCUT2D eigenvalue weighted by Crippen LogP contribution is 2.30. The molecule has 0 saturated heterocycles. The Bertz CT molecular complexity index is 686. The minimum Gasteiger partial charge on any atom is -0.300 e. The third-order valence-electron chi connectivity index (χ3n) is 3.06. The Morgan fingerprint density at radius 3 is 2.94 bits per heavy atom. The monoisotopic (exact) mass is 235 g/mol. The van der Waals surface area contributed by atoms with Crippen molar-refractivity contribution >= 4 is 0 Å². The summed E-state index contributed by atoms with van der Waals surface area (Å²) in [6.45, 7) is 1.16. The van der Waals surface area contributed by atoms with Gasteiger partial charge in [0, 0.05) is 11.1 Å². The van der Waals surface area contributed by atoms with Crippen LogP contribution in [-0.4, -0.2) is 15.1 Å². The number of rotatable bonds is 1. The number of nitrogens with one attached hydrogen (secondary N) is 1. The lowest BCUT2D eigenvalue weighted by molar-refractivity contribution is 0.412. The molecule has 5 nitrogen and oxygen atoms in total. The van der Waals surface area contributed by atoms with Crippen LogP contribution < -0.4 is 0 Å². The number of aromatic nitrogens is 2. The molecular weight excluding hydrogens is 226 g/mol. The maximum atomic E-state index is 8.90. The molecule has 1 aliphatic heterocycles. The Labute approximate surface area is 104 Å². The third kappa shape index (κ3) is 1.50. The van der Waals surface area contributed by atoms with E-state index in [1.54, 1.807) is 11.0 Å². The van der Waals surface area contributed by atoms with Crippen LogP contribution in [0.4, 0.5) is 0 Å². The Kier molecular flexibility index (Phi) is 2.25. The Balaban J connectivity index is 2.05. The highest BCUT2D eigenvalue weighted by Gasteiger charge is 2.24. The topological polar surface area (TPSA) is 79.5 Å². The van der Waals surface area contributed by atoms with Crippen molar-refractivity contribution in [2.24, 2.45) is 0 Å². The average Bonchev–Trinajstić information content (AvgIpc) is 2.98. The van der Waals surface area contributed by atoms with E-state index in [0.29, 0.717) is 18.7 Å². The van der Waals surface area contributed by atoms with Gasteiger partial charge in [-0.05, 0) is 12.1 Å². The lowest BCUT2D eigenvalue weighted by atomic mass is 10.1. The first-order valence-electron chi connectivity index (χ1n) is 5.53. The quantitative estimate of drug-likeness (QED) is 0.763. The second-order valence-electron chi connectivity index (χ2n) is 4.18. The second kappa shape index (κ2) is 3.90. The molecule has 0 saturated carbocycles. The van der Waals surface area contributed by atoms with Crippen LogP contribution in [-0.2, 0) is 13.1 Å². The molecule has 1 aliphatic rings. The SMILES string of the molecule is N#Cc1cccc(-c2n[nH]c3c2CN(C#N)C3)c1. The first-order chi connectivity index (χ1) is 8.81. The van der Waals surface area contributed by atoms with Crippen molar-refractivity contribution in [1.82, 2.24) is 15.1 Å².